The van der Waals surface area contributed by atoms with Crippen LogP contribution in [0.4, 0.5) is 0 Å². The minimum absolute atomic E-state index is 0.164. The van der Waals surface area contributed by atoms with Crippen LogP contribution in [0.5, 0.6) is 0 Å². The van der Waals surface area contributed by atoms with Crippen LogP contribution in [0.3, 0.4) is 0 Å². The number of carbonyl (C=O) groups excluding carboxylic acids is 1. The van der Waals surface area contributed by atoms with Crippen LogP contribution < -0.4 is 0 Å². The minimum atomic E-state index is -0.743. The second-order valence-corrected chi connectivity index (χ2v) is 6.03. The van der Waals surface area contributed by atoms with Crippen molar-refractivity contribution in [3.05, 3.63) is 0 Å². The maximum atomic E-state index is 10.7. The Kier molecular flexibility index (Phi) is 8.62. The Morgan fingerprint density at radius 3 is 2.60 bits per heavy atom. The van der Waals surface area contributed by atoms with Crippen LogP contribution in [0, 0.1) is 23.3 Å². The first-order chi connectivity index (χ1) is 7.16. The van der Waals surface area contributed by atoms with Gasteiger partial charge in [0.05, 0.1) is 13.5 Å². The number of hydrogen-bond donors (Lipinski definition) is 0. The molecule has 0 spiro atoms. The topological polar surface area (TPSA) is 26.3 Å². The summed E-state index contributed by atoms with van der Waals surface area (Å²) in [6, 6.07) is 0. The lowest BCUT2D eigenvalue weighted by Gasteiger charge is -1.93. The standard InChI is InChI=1S/C12H18O2Si/c1-14-12(13)10-8-6-4-5-7-9-11-15(2)3/h15H,6-8,10H2,1-3H3. The summed E-state index contributed by atoms with van der Waals surface area (Å²) in [6.45, 7) is 4.38. The molecule has 0 atom stereocenters. The fourth-order valence-corrected chi connectivity index (χ4v) is 1.38. The van der Waals surface area contributed by atoms with Gasteiger partial charge in [-0.2, -0.15) is 0 Å². The molecule has 0 heterocycles. The summed E-state index contributed by atoms with van der Waals surface area (Å²) in [5, 5.41) is 0. The van der Waals surface area contributed by atoms with E-state index in [9.17, 15) is 4.79 Å². The fourth-order valence-electron chi connectivity index (χ4n) is 0.873. The van der Waals surface area contributed by atoms with Crippen LogP contribution in [-0.2, 0) is 9.53 Å². The third-order valence-corrected chi connectivity index (χ3v) is 2.38. The van der Waals surface area contributed by atoms with E-state index in [1.54, 1.807) is 0 Å². The summed E-state index contributed by atoms with van der Waals surface area (Å²) in [7, 11) is 0.659. The van der Waals surface area contributed by atoms with Crippen LogP contribution in [-0.4, -0.2) is 21.9 Å². The van der Waals surface area contributed by atoms with E-state index in [0.717, 1.165) is 12.8 Å². The van der Waals surface area contributed by atoms with E-state index in [-0.39, 0.29) is 5.97 Å². The maximum absolute atomic E-state index is 10.7. The van der Waals surface area contributed by atoms with Crippen molar-refractivity contribution in [1.29, 1.82) is 0 Å². The zero-order valence-corrected chi connectivity index (χ0v) is 10.9. The third-order valence-electron chi connectivity index (χ3n) is 1.60. The Balaban J connectivity index is 3.49. The second kappa shape index (κ2) is 9.37. The molecule has 3 heteroatoms. The van der Waals surface area contributed by atoms with E-state index < -0.39 is 8.80 Å². The van der Waals surface area contributed by atoms with Gasteiger partial charge in [-0.25, -0.2) is 0 Å². The molecule has 0 saturated heterocycles. The van der Waals surface area contributed by atoms with Crippen molar-refractivity contribution >= 4 is 14.8 Å². The Labute approximate surface area is 94.0 Å². The van der Waals surface area contributed by atoms with Gasteiger partial charge in [-0.05, 0) is 6.42 Å². The molecule has 0 aliphatic heterocycles. The van der Waals surface area contributed by atoms with Gasteiger partial charge in [-0.1, -0.05) is 24.9 Å². The molecular weight excluding hydrogens is 204 g/mol. The lowest BCUT2D eigenvalue weighted by atomic mass is 10.2. The highest BCUT2D eigenvalue weighted by Crippen LogP contribution is 1.95. The maximum Gasteiger partial charge on any atom is 0.305 e. The molecule has 0 bridgehead atoms. The summed E-state index contributed by atoms with van der Waals surface area (Å²) in [5.74, 6) is 8.85. The molecule has 0 saturated carbocycles. The van der Waals surface area contributed by atoms with E-state index in [4.69, 9.17) is 0 Å². The molecule has 2 nitrogen and oxygen atoms in total. The molecule has 0 radical (unpaired) electrons. The Morgan fingerprint density at radius 1 is 1.27 bits per heavy atom. The number of rotatable bonds is 3. The monoisotopic (exact) mass is 222 g/mol. The minimum Gasteiger partial charge on any atom is -0.469 e. The van der Waals surface area contributed by atoms with Crippen molar-refractivity contribution < 1.29 is 9.53 Å². The van der Waals surface area contributed by atoms with Gasteiger partial charge in [-0.3, -0.25) is 4.79 Å². The summed E-state index contributed by atoms with van der Waals surface area (Å²) in [5.41, 5.74) is 3.18. The number of ether oxygens (including phenoxy) is 1. The molecule has 0 N–H and O–H groups in total. The number of methoxy groups -OCH3 is 1. The van der Waals surface area contributed by atoms with Crippen molar-refractivity contribution in [3.8, 4) is 23.3 Å². The van der Waals surface area contributed by atoms with Crippen molar-refractivity contribution in [3.63, 3.8) is 0 Å². The van der Waals surface area contributed by atoms with Crippen LogP contribution in [0.25, 0.3) is 0 Å². The molecule has 0 amide bonds. The van der Waals surface area contributed by atoms with E-state index in [0.29, 0.717) is 12.8 Å². The molecule has 0 aliphatic rings. The quantitative estimate of drug-likeness (QED) is 0.315. The highest BCUT2D eigenvalue weighted by atomic mass is 28.3. The molecule has 0 aromatic heterocycles. The molecule has 0 aromatic carbocycles. The van der Waals surface area contributed by atoms with E-state index in [1.807, 2.05) is 0 Å². The molecule has 0 rings (SSSR count). The number of esters is 1. The van der Waals surface area contributed by atoms with Gasteiger partial charge >= 0.3 is 5.97 Å². The lowest BCUT2D eigenvalue weighted by Crippen LogP contribution is -1.98. The molecule has 0 aliphatic carbocycles. The molecule has 82 valence electrons. The average molecular weight is 222 g/mol. The summed E-state index contributed by atoms with van der Waals surface area (Å²) >= 11 is 0. The predicted octanol–water partition coefficient (Wildman–Crippen LogP) is 1.75. The number of carbonyl (C=O) groups is 1. The molecule has 0 unspecified atom stereocenters. The van der Waals surface area contributed by atoms with Gasteiger partial charge in [0.2, 0.25) is 0 Å². The fraction of sp³-hybridized carbons (Fsp3) is 0.583. The smallest absolute Gasteiger partial charge is 0.305 e. The third kappa shape index (κ3) is 10.7. The summed E-state index contributed by atoms with van der Waals surface area (Å²) < 4.78 is 4.52. The van der Waals surface area contributed by atoms with Crippen molar-refractivity contribution in [2.24, 2.45) is 0 Å². The first-order valence-corrected chi connectivity index (χ1v) is 8.06. The Bertz CT molecular complexity index is 299. The van der Waals surface area contributed by atoms with Crippen LogP contribution in [0.15, 0.2) is 0 Å². The van der Waals surface area contributed by atoms with Crippen molar-refractivity contribution in [1.82, 2.24) is 0 Å². The van der Waals surface area contributed by atoms with E-state index in [1.165, 1.54) is 7.11 Å². The van der Waals surface area contributed by atoms with E-state index in [2.05, 4.69) is 41.1 Å². The largest absolute Gasteiger partial charge is 0.469 e. The first-order valence-electron chi connectivity index (χ1n) is 5.17. The van der Waals surface area contributed by atoms with Gasteiger partial charge < -0.3 is 4.74 Å². The molecule has 0 fully saturated rings. The van der Waals surface area contributed by atoms with Gasteiger partial charge in [0.15, 0.2) is 0 Å². The van der Waals surface area contributed by atoms with Gasteiger partial charge in [0, 0.05) is 12.8 Å². The number of unbranched alkanes of at least 4 members (excludes halogenated alkanes) is 1. The highest BCUT2D eigenvalue weighted by Gasteiger charge is 1.96. The summed E-state index contributed by atoms with van der Waals surface area (Å²) in [6.07, 6.45) is 2.63. The van der Waals surface area contributed by atoms with E-state index >= 15 is 0 Å². The lowest BCUT2D eigenvalue weighted by molar-refractivity contribution is -0.140. The first kappa shape index (κ1) is 13.8. The van der Waals surface area contributed by atoms with Gasteiger partial charge in [0.25, 0.3) is 0 Å². The van der Waals surface area contributed by atoms with Crippen LogP contribution in [0.2, 0.25) is 13.1 Å². The van der Waals surface area contributed by atoms with Gasteiger partial charge in [0.1, 0.15) is 8.80 Å². The Hall–Kier alpha value is -1.19. The normalized spacial score (nSPS) is 8.53. The zero-order valence-electron chi connectivity index (χ0n) is 9.72. The SMILES string of the molecule is COC(=O)CCCC#CCC#C[SiH](C)C. The van der Waals surface area contributed by atoms with Gasteiger partial charge in [-0.15, -0.1) is 11.5 Å². The van der Waals surface area contributed by atoms with Crippen molar-refractivity contribution in [2.45, 2.75) is 38.8 Å². The second-order valence-electron chi connectivity index (χ2n) is 3.44. The highest BCUT2D eigenvalue weighted by molar-refractivity contribution is 6.64. The van der Waals surface area contributed by atoms with Crippen LogP contribution in [0.1, 0.15) is 25.7 Å². The number of hydrogen-bond acceptors (Lipinski definition) is 2. The average Bonchev–Trinajstić information content (AvgIpc) is 2.21. The molecule has 0 aromatic rings. The summed E-state index contributed by atoms with van der Waals surface area (Å²) in [4.78, 5) is 10.7. The predicted molar refractivity (Wildman–Crippen MR) is 64.9 cm³/mol. The molecular formula is C12H18O2Si. The Morgan fingerprint density at radius 2 is 2.00 bits per heavy atom. The van der Waals surface area contributed by atoms with Crippen LogP contribution >= 0.6 is 0 Å². The zero-order chi connectivity index (χ0) is 11.5. The molecule has 15 heavy (non-hydrogen) atoms. The van der Waals surface area contributed by atoms with Crippen molar-refractivity contribution in [2.75, 3.05) is 7.11 Å².